The van der Waals surface area contributed by atoms with Crippen LogP contribution < -0.4 is 5.32 Å². The molecule has 0 saturated heterocycles. The van der Waals surface area contributed by atoms with Gasteiger partial charge in [-0.1, -0.05) is 6.92 Å². The van der Waals surface area contributed by atoms with Crippen LogP contribution >= 0.6 is 11.3 Å². The summed E-state index contributed by atoms with van der Waals surface area (Å²) in [6, 6.07) is 4.16. The lowest BCUT2D eigenvalue weighted by molar-refractivity contribution is 0.678. The van der Waals surface area contributed by atoms with Gasteiger partial charge in [0.2, 0.25) is 0 Å². The lowest BCUT2D eigenvalue weighted by atomic mass is 10.2. The topological polar surface area (TPSA) is 37.8 Å². The molecule has 0 fully saturated rings. The van der Waals surface area contributed by atoms with Crippen molar-refractivity contribution < 1.29 is 0 Å². The number of nitrogens with one attached hydrogen (secondary N) is 1. The van der Waals surface area contributed by atoms with E-state index >= 15 is 0 Å². The fraction of sp³-hybridized carbons (Fsp3) is 0.385. The van der Waals surface area contributed by atoms with Crippen molar-refractivity contribution in [2.75, 3.05) is 0 Å². The van der Waals surface area contributed by atoms with Crippen LogP contribution in [0.3, 0.4) is 0 Å². The second-order valence-corrected chi connectivity index (χ2v) is 4.92. The van der Waals surface area contributed by atoms with E-state index in [1.807, 2.05) is 30.5 Å². The van der Waals surface area contributed by atoms with E-state index in [1.54, 1.807) is 0 Å². The Labute approximate surface area is 106 Å². The van der Waals surface area contributed by atoms with Crippen molar-refractivity contribution in [1.29, 1.82) is 0 Å². The van der Waals surface area contributed by atoms with Gasteiger partial charge in [-0.05, 0) is 36.4 Å². The molecule has 2 rings (SSSR count). The van der Waals surface area contributed by atoms with Crippen LogP contribution in [0.5, 0.6) is 0 Å². The minimum atomic E-state index is 0.796. The Morgan fingerprint density at radius 2 is 2.18 bits per heavy atom. The highest BCUT2D eigenvalue weighted by atomic mass is 32.1. The molecular formula is C13H17N3S. The average molecular weight is 247 g/mol. The van der Waals surface area contributed by atoms with Gasteiger partial charge >= 0.3 is 0 Å². The molecule has 0 saturated carbocycles. The summed E-state index contributed by atoms with van der Waals surface area (Å²) in [5.41, 5.74) is 2.49. The summed E-state index contributed by atoms with van der Waals surface area (Å²) in [4.78, 5) is 9.88. The summed E-state index contributed by atoms with van der Waals surface area (Å²) >= 11 is 1.82. The predicted octanol–water partition coefficient (Wildman–Crippen LogP) is 2.70. The Kier molecular flexibility index (Phi) is 4.23. The SMILES string of the molecule is CCc1ccsc1CNCc1ccnc(C)n1. The van der Waals surface area contributed by atoms with E-state index in [0.29, 0.717) is 0 Å². The van der Waals surface area contributed by atoms with Crippen LogP contribution in [-0.2, 0) is 19.5 Å². The monoisotopic (exact) mass is 247 g/mol. The summed E-state index contributed by atoms with van der Waals surface area (Å²) in [5, 5.41) is 5.58. The zero-order valence-electron chi connectivity index (χ0n) is 10.2. The Balaban J connectivity index is 1.87. The maximum absolute atomic E-state index is 4.36. The average Bonchev–Trinajstić information content (AvgIpc) is 2.77. The third kappa shape index (κ3) is 3.35. The highest BCUT2D eigenvalue weighted by Crippen LogP contribution is 2.16. The third-order valence-electron chi connectivity index (χ3n) is 2.64. The summed E-state index contributed by atoms with van der Waals surface area (Å²) < 4.78 is 0. The number of rotatable bonds is 5. The fourth-order valence-electron chi connectivity index (χ4n) is 1.74. The molecule has 0 amide bonds. The molecular weight excluding hydrogens is 230 g/mol. The molecule has 0 bridgehead atoms. The molecule has 0 unspecified atom stereocenters. The standard InChI is InChI=1S/C13H17N3S/c1-3-11-5-7-17-13(11)9-14-8-12-4-6-15-10(2)16-12/h4-7,14H,3,8-9H2,1-2H3. The van der Waals surface area contributed by atoms with Gasteiger partial charge in [-0.2, -0.15) is 0 Å². The zero-order chi connectivity index (χ0) is 12.1. The maximum atomic E-state index is 4.36. The van der Waals surface area contributed by atoms with Crippen LogP contribution in [0.25, 0.3) is 0 Å². The number of aryl methyl sites for hydroxylation is 2. The fourth-order valence-corrected chi connectivity index (χ4v) is 2.69. The summed E-state index contributed by atoms with van der Waals surface area (Å²) in [7, 11) is 0. The number of nitrogens with zero attached hydrogens (tertiary/aromatic N) is 2. The minimum absolute atomic E-state index is 0.796. The van der Waals surface area contributed by atoms with E-state index in [2.05, 4.69) is 33.7 Å². The van der Waals surface area contributed by atoms with Crippen LogP contribution in [0.4, 0.5) is 0 Å². The van der Waals surface area contributed by atoms with Crippen LogP contribution in [0.15, 0.2) is 23.7 Å². The molecule has 2 aromatic rings. The highest BCUT2D eigenvalue weighted by molar-refractivity contribution is 7.10. The highest BCUT2D eigenvalue weighted by Gasteiger charge is 2.02. The maximum Gasteiger partial charge on any atom is 0.125 e. The van der Waals surface area contributed by atoms with Crippen molar-refractivity contribution in [3.63, 3.8) is 0 Å². The van der Waals surface area contributed by atoms with Gasteiger partial charge in [-0.25, -0.2) is 9.97 Å². The molecule has 90 valence electrons. The normalized spacial score (nSPS) is 10.7. The van der Waals surface area contributed by atoms with Crippen molar-refractivity contribution in [3.8, 4) is 0 Å². The first-order valence-electron chi connectivity index (χ1n) is 5.84. The van der Waals surface area contributed by atoms with Gasteiger partial charge in [-0.15, -0.1) is 11.3 Å². The lowest BCUT2D eigenvalue weighted by Gasteiger charge is -2.05. The second-order valence-electron chi connectivity index (χ2n) is 3.92. The number of thiophene rings is 1. The molecule has 2 aromatic heterocycles. The van der Waals surface area contributed by atoms with Gasteiger partial charge in [0.25, 0.3) is 0 Å². The first kappa shape index (κ1) is 12.2. The summed E-state index contributed by atoms with van der Waals surface area (Å²) in [6.07, 6.45) is 2.91. The molecule has 0 atom stereocenters. The van der Waals surface area contributed by atoms with E-state index in [0.717, 1.165) is 31.0 Å². The van der Waals surface area contributed by atoms with E-state index < -0.39 is 0 Å². The van der Waals surface area contributed by atoms with Crippen molar-refractivity contribution >= 4 is 11.3 Å². The molecule has 4 heteroatoms. The van der Waals surface area contributed by atoms with Gasteiger partial charge in [0.15, 0.2) is 0 Å². The molecule has 0 aliphatic carbocycles. The molecule has 2 heterocycles. The minimum Gasteiger partial charge on any atom is -0.306 e. The van der Waals surface area contributed by atoms with Crippen LogP contribution in [0.2, 0.25) is 0 Å². The molecule has 0 aromatic carbocycles. The van der Waals surface area contributed by atoms with E-state index in [-0.39, 0.29) is 0 Å². The van der Waals surface area contributed by atoms with E-state index in [1.165, 1.54) is 10.4 Å². The van der Waals surface area contributed by atoms with E-state index in [9.17, 15) is 0 Å². The van der Waals surface area contributed by atoms with Gasteiger partial charge in [-0.3, -0.25) is 0 Å². The first-order chi connectivity index (χ1) is 8.29. The summed E-state index contributed by atoms with van der Waals surface area (Å²) in [6.45, 7) is 5.82. The molecule has 1 N–H and O–H groups in total. The predicted molar refractivity (Wildman–Crippen MR) is 71.0 cm³/mol. The van der Waals surface area contributed by atoms with Crippen LogP contribution in [0, 0.1) is 6.92 Å². The Morgan fingerprint density at radius 3 is 2.94 bits per heavy atom. The largest absolute Gasteiger partial charge is 0.306 e. The van der Waals surface area contributed by atoms with Crippen molar-refractivity contribution in [1.82, 2.24) is 15.3 Å². The van der Waals surface area contributed by atoms with E-state index in [4.69, 9.17) is 0 Å². The quantitative estimate of drug-likeness (QED) is 0.882. The Bertz CT molecular complexity index is 479. The number of hydrogen-bond acceptors (Lipinski definition) is 4. The Morgan fingerprint density at radius 1 is 1.29 bits per heavy atom. The Hall–Kier alpha value is -1.26. The van der Waals surface area contributed by atoms with Gasteiger partial charge in [0, 0.05) is 24.2 Å². The second kappa shape index (κ2) is 5.89. The molecule has 17 heavy (non-hydrogen) atoms. The third-order valence-corrected chi connectivity index (χ3v) is 3.61. The lowest BCUT2D eigenvalue weighted by Crippen LogP contribution is -2.14. The first-order valence-corrected chi connectivity index (χ1v) is 6.72. The molecule has 0 radical (unpaired) electrons. The zero-order valence-corrected chi connectivity index (χ0v) is 11.0. The summed E-state index contributed by atoms with van der Waals surface area (Å²) in [5.74, 6) is 0.828. The smallest absolute Gasteiger partial charge is 0.125 e. The van der Waals surface area contributed by atoms with Crippen molar-refractivity contribution in [2.45, 2.75) is 33.4 Å². The van der Waals surface area contributed by atoms with Crippen molar-refractivity contribution in [2.24, 2.45) is 0 Å². The molecule has 0 aliphatic rings. The van der Waals surface area contributed by atoms with Gasteiger partial charge < -0.3 is 5.32 Å². The van der Waals surface area contributed by atoms with Crippen LogP contribution in [-0.4, -0.2) is 9.97 Å². The van der Waals surface area contributed by atoms with Gasteiger partial charge in [0.05, 0.1) is 5.69 Å². The number of aromatic nitrogens is 2. The van der Waals surface area contributed by atoms with Gasteiger partial charge in [0.1, 0.15) is 5.82 Å². The number of hydrogen-bond donors (Lipinski definition) is 1. The molecule has 3 nitrogen and oxygen atoms in total. The van der Waals surface area contributed by atoms with Crippen molar-refractivity contribution in [3.05, 3.63) is 45.7 Å². The van der Waals surface area contributed by atoms with Crippen LogP contribution in [0.1, 0.15) is 28.9 Å². The molecule has 0 aliphatic heterocycles. The molecule has 0 spiro atoms.